The third-order valence-corrected chi connectivity index (χ3v) is 2.86. The fourth-order valence-electron chi connectivity index (χ4n) is 2.06. The summed E-state index contributed by atoms with van der Waals surface area (Å²) >= 11 is 0. The van der Waals surface area contributed by atoms with E-state index < -0.39 is 0 Å². The van der Waals surface area contributed by atoms with Crippen LogP contribution < -0.4 is 5.73 Å². The molecule has 1 heteroatoms. The van der Waals surface area contributed by atoms with Crippen LogP contribution in [0.4, 0.5) is 0 Å². The summed E-state index contributed by atoms with van der Waals surface area (Å²) in [7, 11) is 0. The number of rotatable bonds is 4. The maximum atomic E-state index is 5.70. The first-order valence-electron chi connectivity index (χ1n) is 23.7. The summed E-state index contributed by atoms with van der Waals surface area (Å²) in [6.45, 7) is 0.717. The van der Waals surface area contributed by atoms with Crippen LogP contribution in [0.15, 0.2) is 60.7 Å². The highest BCUT2D eigenvalue weighted by atomic mass is 14.5. The smallest absolute Gasteiger partial charge is 0.0101 e. The molecule has 2 rings (SSSR count). The Labute approximate surface area is 152 Å². The third kappa shape index (κ3) is 2.50. The molecule has 0 heterocycles. The number of hydrogen-bond donors (Lipinski definition) is 1. The molecule has 2 aromatic rings. The topological polar surface area (TPSA) is 26.0 Å². The Morgan fingerprint density at radius 3 is 1.69 bits per heavy atom. The minimum absolute atomic E-state index is 0.424. The SMILES string of the molecule is NCCC(c1ccccc1)c1ccccc1.[2H][2H].[2H][2H].[2H][2H].[2H][2H].[2H][2H].[2H][2H].[2H][2H].[2H][2H].[2H][2H].[2H][2H].[2H][2H].[2H][2H].[2H][2H].[2H][2H].[2H][2H].[2H][2H].[2H][2H].[2H][2H]. The van der Waals surface area contributed by atoms with Crippen molar-refractivity contribution in [2.45, 2.75) is 12.3 Å². The van der Waals surface area contributed by atoms with Gasteiger partial charge in [0, 0.05) is 59.4 Å². The molecule has 0 spiro atoms. The van der Waals surface area contributed by atoms with Crippen LogP contribution in [0, 0.1) is 0 Å². The highest BCUT2D eigenvalue weighted by Crippen LogP contribution is 2.26. The van der Waals surface area contributed by atoms with Crippen molar-refractivity contribution in [1.82, 2.24) is 0 Å². The third-order valence-electron chi connectivity index (χ3n) is 2.86. The Hall–Kier alpha value is -1.60. The molecule has 0 fully saturated rings. The predicted molar refractivity (Wildman–Crippen MR) is 106 cm³/mol. The molecule has 0 bridgehead atoms. The van der Waals surface area contributed by atoms with Gasteiger partial charge in [-0.25, -0.2) is 0 Å². The van der Waals surface area contributed by atoms with Crippen LogP contribution in [0.3, 0.4) is 0 Å². The van der Waals surface area contributed by atoms with Crippen LogP contribution in [-0.2, 0) is 0 Å². The molecule has 0 aliphatic heterocycles. The lowest BCUT2D eigenvalue weighted by Crippen LogP contribution is -2.08. The quantitative estimate of drug-likeness (QED) is 0.614. The average molecular weight is 284 g/mol. The van der Waals surface area contributed by atoms with E-state index in [0.717, 1.165) is 6.42 Å². The van der Waals surface area contributed by atoms with Gasteiger partial charge in [-0.05, 0) is 24.1 Å². The number of hydrogen-bond acceptors (Lipinski definition) is 1. The lowest BCUT2D eigenvalue weighted by atomic mass is 9.89. The van der Waals surface area contributed by atoms with Gasteiger partial charge in [0.15, 0.2) is 0 Å². The summed E-state index contributed by atoms with van der Waals surface area (Å²) < 4.78 is 180. The van der Waals surface area contributed by atoms with Crippen LogP contribution in [0.1, 0.15) is 76.9 Å². The highest BCUT2D eigenvalue weighted by Gasteiger charge is 2.11. The average Bonchev–Trinajstić information content (AvgIpc) is 3.35. The molecule has 2 N–H and O–H groups in total. The molecule has 0 atom stereocenters. The molecule has 0 aromatic heterocycles. The van der Waals surface area contributed by atoms with Gasteiger partial charge in [-0.2, -0.15) is 0 Å². The lowest BCUT2D eigenvalue weighted by Gasteiger charge is -2.16. The van der Waals surface area contributed by atoms with E-state index in [1.165, 1.54) is 11.1 Å². The molecule has 2 aromatic carbocycles. The van der Waals surface area contributed by atoms with Crippen molar-refractivity contribution in [3.63, 3.8) is 0 Å². The molecule has 0 aliphatic rings. The summed E-state index contributed by atoms with van der Waals surface area (Å²) in [5, 5.41) is 0. The zero-order valence-corrected chi connectivity index (χ0v) is 9.34. The van der Waals surface area contributed by atoms with Crippen molar-refractivity contribution in [3.8, 4) is 0 Å². The molecule has 0 aliphatic carbocycles. The Morgan fingerprint density at radius 1 is 0.875 bits per heavy atom. The largest absolute Gasteiger partial charge is 0.330 e. The zero-order valence-electron chi connectivity index (χ0n) is 45.3. The second-order valence-electron chi connectivity index (χ2n) is 3.95. The first-order chi connectivity index (χ1) is 25.9. The van der Waals surface area contributed by atoms with Crippen molar-refractivity contribution in [2.24, 2.45) is 5.73 Å². The van der Waals surface area contributed by atoms with Gasteiger partial charge in [-0.1, -0.05) is 60.7 Å². The molecule has 0 radical (unpaired) electrons. The van der Waals surface area contributed by atoms with E-state index in [2.05, 4.69) is 48.5 Å². The molecule has 0 saturated heterocycles. The molecule has 0 saturated carbocycles. The van der Waals surface area contributed by atoms with Gasteiger partial charge in [0.2, 0.25) is 0 Å². The van der Waals surface area contributed by atoms with E-state index in [-0.39, 0.29) is 0 Å². The second kappa shape index (κ2) is 5.47. The van der Waals surface area contributed by atoms with Gasteiger partial charge in [0.25, 0.3) is 0 Å². The summed E-state index contributed by atoms with van der Waals surface area (Å²) in [5.41, 5.74) is 8.40. The van der Waals surface area contributed by atoms with Crippen molar-refractivity contribution >= 4 is 0 Å². The van der Waals surface area contributed by atoms with Gasteiger partial charge in [-0.3, -0.25) is 0 Å². The van der Waals surface area contributed by atoms with Gasteiger partial charge < -0.3 is 5.73 Å². The van der Waals surface area contributed by atoms with Gasteiger partial charge >= 0.3 is 0 Å². The maximum Gasteiger partial charge on any atom is 0.0101 e. The second-order valence-corrected chi connectivity index (χ2v) is 3.95. The predicted octanol–water partition coefficient (Wildman–Crippen LogP) is 7.60. The highest BCUT2D eigenvalue weighted by molar-refractivity contribution is 5.32. The van der Waals surface area contributed by atoms with E-state index in [4.69, 9.17) is 59.2 Å². The van der Waals surface area contributed by atoms with Crippen molar-refractivity contribution in [2.75, 3.05) is 6.54 Å². The molecule has 1 nitrogen and oxygen atoms in total. The molecule has 0 amide bonds. The first-order valence-corrected chi connectivity index (χ1v) is 5.72. The summed E-state index contributed by atoms with van der Waals surface area (Å²) in [5.74, 6) is 0.424. The fraction of sp³-hybridized carbons (Fsp3) is 0.200. The van der Waals surface area contributed by atoms with E-state index in [0.29, 0.717) is 12.5 Å². The Bertz CT molecular complexity index is 415. The standard InChI is InChI=1S/C15H17N.18H2/c16-12-11-15(13-7-3-1-4-8-13)14-9-5-2-6-10-14;;;;;;;;;;;;;;;;;;/h1-10,15H,11-12,16H2;18*1H/i;18*1+1D. The van der Waals surface area contributed by atoms with Crippen LogP contribution in [0.5, 0.6) is 0 Å². The van der Waals surface area contributed by atoms with Crippen LogP contribution in [0.2, 0.25) is 0 Å². The zero-order chi connectivity index (χ0) is 47.2. The van der Waals surface area contributed by atoms with E-state index in [1.807, 2.05) is 12.1 Å². The van der Waals surface area contributed by atoms with Crippen LogP contribution in [-0.4, -0.2) is 6.54 Å². The molecule has 118 valence electrons. The van der Waals surface area contributed by atoms with Crippen molar-refractivity contribution in [1.29, 1.82) is 0 Å². The van der Waals surface area contributed by atoms with E-state index >= 15 is 0 Å². The minimum Gasteiger partial charge on any atom is -0.330 e. The minimum atomic E-state index is 0.424. The Morgan fingerprint density at radius 2 is 1.31 bits per heavy atom. The maximum absolute atomic E-state index is 5.70. The summed E-state index contributed by atoms with van der Waals surface area (Å²) in [6, 6.07) is 21.1. The Balaban J connectivity index is -0.0000000194. The fourth-order valence-corrected chi connectivity index (χ4v) is 2.06. The number of benzene rings is 2. The van der Waals surface area contributed by atoms with E-state index in [1.54, 1.807) is 0 Å². The van der Waals surface area contributed by atoms with Gasteiger partial charge in [-0.15, -0.1) is 0 Å². The van der Waals surface area contributed by atoms with E-state index in [9.17, 15) is 0 Å². The normalized spacial score (nSPS) is 19.6. The van der Waals surface area contributed by atoms with Crippen LogP contribution in [0.25, 0.3) is 0 Å². The monoisotopic (exact) mass is 284 g/mol. The molecule has 0 unspecified atom stereocenters. The molecule has 16 heavy (non-hydrogen) atoms. The Kier molecular flexibility index (Phi) is 0.793. The molecular weight excluding hydrogens is 194 g/mol. The van der Waals surface area contributed by atoms with Gasteiger partial charge in [0.1, 0.15) is 0 Å². The van der Waals surface area contributed by atoms with Crippen molar-refractivity contribution < 1.29 is 53.5 Å². The van der Waals surface area contributed by atoms with Crippen molar-refractivity contribution in [3.05, 3.63) is 71.8 Å². The lowest BCUT2D eigenvalue weighted by molar-refractivity contribution is 0.726. The van der Waals surface area contributed by atoms with Gasteiger partial charge in [0.05, 0.1) is 0 Å². The summed E-state index contributed by atoms with van der Waals surface area (Å²) in [6.07, 6.45) is 0.994. The number of nitrogens with two attached hydrogens (primary N) is 1. The van der Waals surface area contributed by atoms with Crippen LogP contribution >= 0.6 is 0 Å². The first kappa shape index (κ1) is 2.32. The summed E-state index contributed by atoms with van der Waals surface area (Å²) in [4.78, 5) is 0. The molecular formula is C15H53N.